The van der Waals surface area contributed by atoms with Crippen LogP contribution in [0.1, 0.15) is 44.4 Å². The molecule has 0 radical (unpaired) electrons. The average Bonchev–Trinajstić information content (AvgIpc) is 3.42. The van der Waals surface area contributed by atoms with Crippen LogP contribution in [-0.2, 0) is 43.3 Å². The van der Waals surface area contributed by atoms with Gasteiger partial charge >= 0.3 is 12.1 Å². The van der Waals surface area contributed by atoms with Crippen LogP contribution in [0.2, 0.25) is 0 Å². The molecule has 0 aliphatic carbocycles. The van der Waals surface area contributed by atoms with E-state index in [1.54, 1.807) is 39.1 Å². The quantitative estimate of drug-likeness (QED) is 0.146. The molecular weight excluding hydrogens is 588 g/mol. The molecule has 0 aliphatic rings. The Morgan fingerprint density at radius 1 is 0.783 bits per heavy atom. The minimum Gasteiger partial charge on any atom is -0.508 e. The van der Waals surface area contributed by atoms with Gasteiger partial charge in [-0.3, -0.25) is 9.59 Å². The summed E-state index contributed by atoms with van der Waals surface area (Å²) in [5.41, 5.74) is 2.34. The molecule has 3 amide bonds. The molecule has 0 saturated carbocycles. The number of hydrogen-bond acceptors (Lipinski definition) is 7. The maximum absolute atomic E-state index is 13.9. The first-order valence-electron chi connectivity index (χ1n) is 15.0. The Morgan fingerprint density at radius 2 is 1.43 bits per heavy atom. The molecule has 3 unspecified atom stereocenters. The van der Waals surface area contributed by atoms with Crippen LogP contribution in [-0.4, -0.2) is 57.7 Å². The molecule has 1 heterocycles. The van der Waals surface area contributed by atoms with Crippen molar-refractivity contribution in [1.29, 1.82) is 0 Å². The molecule has 4 rings (SSSR count). The van der Waals surface area contributed by atoms with Crippen molar-refractivity contribution in [3.05, 3.63) is 102 Å². The third-order valence-electron chi connectivity index (χ3n) is 7.06. The summed E-state index contributed by atoms with van der Waals surface area (Å²) in [6.45, 7) is 6.59. The van der Waals surface area contributed by atoms with Gasteiger partial charge in [-0.15, -0.1) is 0 Å². The van der Waals surface area contributed by atoms with E-state index in [2.05, 4.69) is 20.9 Å². The summed E-state index contributed by atoms with van der Waals surface area (Å²) in [5.74, 6) is -1.86. The minimum absolute atomic E-state index is 0.0153. The van der Waals surface area contributed by atoms with Crippen LogP contribution < -0.4 is 16.0 Å². The van der Waals surface area contributed by atoms with E-state index in [0.717, 1.165) is 22.0 Å². The van der Waals surface area contributed by atoms with Crippen molar-refractivity contribution in [3.63, 3.8) is 0 Å². The highest BCUT2D eigenvalue weighted by atomic mass is 16.6. The van der Waals surface area contributed by atoms with Crippen LogP contribution in [0, 0.1) is 0 Å². The summed E-state index contributed by atoms with van der Waals surface area (Å²) >= 11 is 0. The second kappa shape index (κ2) is 15.1. The summed E-state index contributed by atoms with van der Waals surface area (Å²) in [5, 5.41) is 18.6. The molecule has 11 nitrogen and oxygen atoms in total. The van der Waals surface area contributed by atoms with Crippen LogP contribution in [0.5, 0.6) is 5.75 Å². The van der Waals surface area contributed by atoms with Crippen molar-refractivity contribution in [2.45, 2.75) is 70.9 Å². The number of hydrogen-bond donors (Lipinski definition) is 5. The number of carbonyl (C=O) groups excluding carboxylic acids is 4. The number of benzene rings is 3. The summed E-state index contributed by atoms with van der Waals surface area (Å²) in [4.78, 5) is 56.0. The Bertz CT molecular complexity index is 1640. The molecule has 3 aromatic carbocycles. The number of aromatic nitrogens is 1. The first-order valence-corrected chi connectivity index (χ1v) is 15.0. The van der Waals surface area contributed by atoms with E-state index < -0.39 is 47.6 Å². The molecule has 4 aromatic rings. The van der Waals surface area contributed by atoms with Crippen molar-refractivity contribution in [2.24, 2.45) is 0 Å². The molecule has 1 aromatic heterocycles. The van der Waals surface area contributed by atoms with E-state index in [-0.39, 0.29) is 25.2 Å². The molecule has 242 valence electrons. The van der Waals surface area contributed by atoms with Crippen LogP contribution in [0.15, 0.2) is 85.1 Å². The van der Waals surface area contributed by atoms with Gasteiger partial charge in [-0.1, -0.05) is 60.7 Å². The molecule has 3 atom stereocenters. The summed E-state index contributed by atoms with van der Waals surface area (Å²) in [6.07, 6.45) is 1.17. The second-order valence-corrected chi connectivity index (χ2v) is 12.0. The number of alkyl carbamates (subject to hydrolysis) is 1. The topological polar surface area (TPSA) is 159 Å². The highest BCUT2D eigenvalue weighted by molar-refractivity contribution is 5.93. The van der Waals surface area contributed by atoms with Gasteiger partial charge in [0.15, 0.2) is 0 Å². The first-order chi connectivity index (χ1) is 21.9. The van der Waals surface area contributed by atoms with Crippen LogP contribution in [0.3, 0.4) is 0 Å². The zero-order chi connectivity index (χ0) is 33.3. The monoisotopic (exact) mass is 628 g/mol. The number of amides is 3. The van der Waals surface area contributed by atoms with Crippen molar-refractivity contribution in [3.8, 4) is 5.75 Å². The molecule has 11 heteroatoms. The van der Waals surface area contributed by atoms with Crippen molar-refractivity contribution < 1.29 is 33.8 Å². The maximum atomic E-state index is 13.9. The average molecular weight is 629 g/mol. The van der Waals surface area contributed by atoms with Gasteiger partial charge in [-0.2, -0.15) is 0 Å². The molecule has 0 bridgehead atoms. The number of aromatic amines is 1. The minimum atomic E-state index is -1.15. The van der Waals surface area contributed by atoms with E-state index in [4.69, 9.17) is 9.47 Å². The first kappa shape index (κ1) is 33.6. The van der Waals surface area contributed by atoms with E-state index in [1.807, 2.05) is 54.6 Å². The van der Waals surface area contributed by atoms with Crippen LogP contribution in [0.25, 0.3) is 10.9 Å². The van der Waals surface area contributed by atoms with Gasteiger partial charge in [0.1, 0.15) is 36.1 Å². The van der Waals surface area contributed by atoms with Crippen LogP contribution >= 0.6 is 0 Å². The van der Waals surface area contributed by atoms with Gasteiger partial charge in [0.05, 0.1) is 0 Å². The molecule has 0 aliphatic heterocycles. The number of H-pyrrole nitrogens is 1. The van der Waals surface area contributed by atoms with Crippen molar-refractivity contribution in [1.82, 2.24) is 20.9 Å². The van der Waals surface area contributed by atoms with Gasteiger partial charge < -0.3 is 35.5 Å². The van der Waals surface area contributed by atoms with E-state index >= 15 is 0 Å². The number of aromatic hydroxyl groups is 1. The van der Waals surface area contributed by atoms with Gasteiger partial charge in [0.2, 0.25) is 11.8 Å². The summed E-state index contributed by atoms with van der Waals surface area (Å²) < 4.78 is 10.9. The fraction of sp³-hybridized carbons (Fsp3) is 0.314. The number of fused-ring (bicyclic) bond motifs is 1. The lowest BCUT2D eigenvalue weighted by atomic mass is 10.0. The Hall–Kier alpha value is -5.32. The molecule has 46 heavy (non-hydrogen) atoms. The van der Waals surface area contributed by atoms with Crippen molar-refractivity contribution in [2.75, 3.05) is 0 Å². The van der Waals surface area contributed by atoms with Crippen molar-refractivity contribution >= 4 is 34.8 Å². The van der Waals surface area contributed by atoms with E-state index in [1.165, 1.54) is 19.1 Å². The second-order valence-electron chi connectivity index (χ2n) is 12.0. The number of rotatable bonds is 12. The predicted molar refractivity (Wildman–Crippen MR) is 173 cm³/mol. The van der Waals surface area contributed by atoms with E-state index in [0.29, 0.717) is 5.56 Å². The maximum Gasteiger partial charge on any atom is 0.408 e. The summed E-state index contributed by atoms with van der Waals surface area (Å²) in [6, 6.07) is 19.7. The number of para-hydroxylation sites is 1. The molecule has 0 fully saturated rings. The lowest BCUT2D eigenvalue weighted by Gasteiger charge is -2.25. The molecule has 5 N–H and O–H groups in total. The Morgan fingerprint density at radius 3 is 2.13 bits per heavy atom. The van der Waals surface area contributed by atoms with Gasteiger partial charge in [0.25, 0.3) is 0 Å². The number of nitrogens with one attached hydrogen (secondary N) is 4. The molecule has 0 saturated heterocycles. The lowest BCUT2D eigenvalue weighted by molar-refractivity contribution is -0.149. The van der Waals surface area contributed by atoms with Gasteiger partial charge in [-0.25, -0.2) is 9.59 Å². The number of esters is 1. The number of carbonyl (C=O) groups is 4. The number of ether oxygens (including phenoxy) is 2. The standard InChI is InChI=1S/C35H40N4O7/c1-22(37-34(44)46-35(2,3)4)31(41)38-29(18-23-14-16-26(40)17-15-23)32(42)39-30(33(43)45-21-24-10-6-5-7-11-24)19-25-20-36-28-13-9-8-12-27(25)28/h5-17,20,22,29-30,36,40H,18-19,21H2,1-4H3,(H,37,44)(H,38,41)(H,39,42). The van der Waals surface area contributed by atoms with Crippen LogP contribution in [0.4, 0.5) is 4.79 Å². The molecule has 0 spiro atoms. The van der Waals surface area contributed by atoms with Gasteiger partial charge in [0, 0.05) is 29.9 Å². The predicted octanol–water partition coefficient (Wildman–Crippen LogP) is 4.28. The Labute approximate surface area is 267 Å². The van der Waals surface area contributed by atoms with E-state index in [9.17, 15) is 24.3 Å². The SMILES string of the molecule is CC(NC(=O)OC(C)(C)C)C(=O)NC(Cc1ccc(O)cc1)C(=O)NC(Cc1c[nH]c2ccccc12)C(=O)OCc1ccccc1. The smallest absolute Gasteiger partial charge is 0.408 e. The highest BCUT2D eigenvalue weighted by Crippen LogP contribution is 2.20. The third kappa shape index (κ3) is 9.85. The zero-order valence-corrected chi connectivity index (χ0v) is 26.3. The Kier molecular flexibility index (Phi) is 11.0. The highest BCUT2D eigenvalue weighted by Gasteiger charge is 2.31. The third-order valence-corrected chi connectivity index (χ3v) is 7.06. The molecular formula is C35H40N4O7. The number of phenolic OH excluding ortho intramolecular Hbond substituents is 1. The normalized spacial score (nSPS) is 13.2. The summed E-state index contributed by atoms with van der Waals surface area (Å²) in [7, 11) is 0. The number of phenols is 1. The lowest BCUT2D eigenvalue weighted by Crippen LogP contribution is -2.56. The fourth-order valence-corrected chi connectivity index (χ4v) is 4.74. The fourth-order valence-electron chi connectivity index (χ4n) is 4.74. The zero-order valence-electron chi connectivity index (χ0n) is 26.3. The Balaban J connectivity index is 1.55. The largest absolute Gasteiger partial charge is 0.508 e. The van der Waals surface area contributed by atoms with Gasteiger partial charge in [-0.05, 0) is 62.6 Å².